The van der Waals surface area contributed by atoms with Crippen molar-refractivity contribution in [1.29, 1.82) is 5.41 Å². The van der Waals surface area contributed by atoms with Gasteiger partial charge in [-0.05, 0) is 18.2 Å². The highest BCUT2D eigenvalue weighted by molar-refractivity contribution is 6.30. The molecule has 0 bridgehead atoms. The zero-order valence-corrected chi connectivity index (χ0v) is 10.9. The quantitative estimate of drug-likeness (QED) is 0.670. The maximum Gasteiger partial charge on any atom is 0.169 e. The van der Waals surface area contributed by atoms with Crippen LogP contribution >= 0.6 is 11.6 Å². The van der Waals surface area contributed by atoms with Crippen LogP contribution in [0.25, 0.3) is 0 Å². The lowest BCUT2D eigenvalue weighted by Crippen LogP contribution is -2.15. The summed E-state index contributed by atoms with van der Waals surface area (Å²) in [5, 5.41) is 7.64. The van der Waals surface area contributed by atoms with E-state index in [4.69, 9.17) is 22.7 Å². The topological polar surface area (TPSA) is 66.0 Å². The number of amidine groups is 1. The SMILES string of the molecule is CN(c1cccc(C(=N)N)c1)c1ncc(Cl)cc1F. The van der Waals surface area contributed by atoms with Crippen molar-refractivity contribution in [3.8, 4) is 0 Å². The van der Waals surface area contributed by atoms with E-state index in [0.29, 0.717) is 11.3 Å². The molecule has 0 radical (unpaired) electrons. The molecule has 0 aliphatic rings. The van der Waals surface area contributed by atoms with E-state index in [9.17, 15) is 4.39 Å². The van der Waals surface area contributed by atoms with Gasteiger partial charge in [0.05, 0.1) is 5.02 Å². The highest BCUT2D eigenvalue weighted by Gasteiger charge is 2.12. The molecule has 0 unspecified atom stereocenters. The molecule has 2 aromatic rings. The smallest absolute Gasteiger partial charge is 0.169 e. The first-order valence-electron chi connectivity index (χ1n) is 5.48. The fraction of sp³-hybridized carbons (Fsp3) is 0.0769. The molecule has 6 heteroatoms. The molecule has 0 spiro atoms. The van der Waals surface area contributed by atoms with Crippen molar-refractivity contribution in [2.45, 2.75) is 0 Å². The second-order valence-electron chi connectivity index (χ2n) is 3.98. The van der Waals surface area contributed by atoms with Gasteiger partial charge in [0.1, 0.15) is 5.84 Å². The number of nitrogens with two attached hydrogens (primary N) is 1. The molecule has 19 heavy (non-hydrogen) atoms. The van der Waals surface area contributed by atoms with Gasteiger partial charge in [0.15, 0.2) is 11.6 Å². The number of benzene rings is 1. The zero-order valence-electron chi connectivity index (χ0n) is 10.2. The number of hydrogen-bond acceptors (Lipinski definition) is 3. The molecule has 0 fully saturated rings. The number of hydrogen-bond donors (Lipinski definition) is 2. The zero-order chi connectivity index (χ0) is 14.0. The Balaban J connectivity index is 2.41. The number of nitrogen functional groups attached to an aromatic ring is 1. The van der Waals surface area contributed by atoms with E-state index >= 15 is 0 Å². The summed E-state index contributed by atoms with van der Waals surface area (Å²) in [7, 11) is 1.68. The number of nitrogens with zero attached hydrogens (tertiary/aromatic N) is 2. The summed E-state index contributed by atoms with van der Waals surface area (Å²) < 4.78 is 13.8. The lowest BCUT2D eigenvalue weighted by atomic mass is 10.2. The van der Waals surface area contributed by atoms with Crippen LogP contribution in [0.1, 0.15) is 5.56 Å². The van der Waals surface area contributed by atoms with Crippen LogP contribution < -0.4 is 10.6 Å². The monoisotopic (exact) mass is 278 g/mol. The highest BCUT2D eigenvalue weighted by atomic mass is 35.5. The van der Waals surface area contributed by atoms with Crippen molar-refractivity contribution in [1.82, 2.24) is 4.98 Å². The largest absolute Gasteiger partial charge is 0.384 e. The van der Waals surface area contributed by atoms with Crippen molar-refractivity contribution in [2.24, 2.45) is 5.73 Å². The molecule has 1 aromatic carbocycles. The molecular weight excluding hydrogens is 267 g/mol. The third-order valence-corrected chi connectivity index (χ3v) is 2.86. The van der Waals surface area contributed by atoms with Gasteiger partial charge in [-0.25, -0.2) is 9.37 Å². The summed E-state index contributed by atoms with van der Waals surface area (Å²) in [6, 6.07) is 8.14. The van der Waals surface area contributed by atoms with Crippen LogP contribution in [-0.2, 0) is 0 Å². The van der Waals surface area contributed by atoms with E-state index in [1.54, 1.807) is 36.2 Å². The van der Waals surface area contributed by atoms with Gasteiger partial charge in [-0.2, -0.15) is 0 Å². The van der Waals surface area contributed by atoms with Crippen molar-refractivity contribution in [2.75, 3.05) is 11.9 Å². The van der Waals surface area contributed by atoms with Crippen molar-refractivity contribution in [3.63, 3.8) is 0 Å². The molecule has 0 amide bonds. The third kappa shape index (κ3) is 2.82. The molecule has 4 nitrogen and oxygen atoms in total. The van der Waals surface area contributed by atoms with Gasteiger partial charge >= 0.3 is 0 Å². The van der Waals surface area contributed by atoms with Gasteiger partial charge in [-0.1, -0.05) is 23.7 Å². The van der Waals surface area contributed by atoms with Crippen molar-refractivity contribution < 1.29 is 4.39 Å². The second kappa shape index (κ2) is 5.24. The van der Waals surface area contributed by atoms with Crippen LogP contribution in [0.3, 0.4) is 0 Å². The molecule has 0 saturated heterocycles. The Hall–Kier alpha value is -2.14. The Labute approximate surface area is 115 Å². The standard InChI is InChI=1S/C13H12ClFN4/c1-19(13-11(15)6-9(14)7-18-13)10-4-2-3-8(5-10)12(16)17/h2-7H,1H3,(H3,16,17). The maximum absolute atomic E-state index is 13.8. The fourth-order valence-electron chi connectivity index (χ4n) is 1.66. The second-order valence-corrected chi connectivity index (χ2v) is 4.42. The highest BCUT2D eigenvalue weighted by Crippen LogP contribution is 2.26. The Morgan fingerprint density at radius 1 is 1.42 bits per heavy atom. The molecule has 1 aromatic heterocycles. The molecule has 0 aliphatic heterocycles. The van der Waals surface area contributed by atoms with Crippen LogP contribution in [0, 0.1) is 11.2 Å². The predicted octanol–water partition coefficient (Wildman–Crippen LogP) is 2.93. The van der Waals surface area contributed by atoms with Gasteiger partial charge < -0.3 is 10.6 Å². The minimum Gasteiger partial charge on any atom is -0.384 e. The third-order valence-electron chi connectivity index (χ3n) is 2.65. The normalized spacial score (nSPS) is 10.3. The molecule has 0 atom stereocenters. The maximum atomic E-state index is 13.8. The van der Waals surface area contributed by atoms with E-state index in [1.807, 2.05) is 0 Å². The van der Waals surface area contributed by atoms with Gasteiger partial charge in [0.2, 0.25) is 0 Å². The van der Waals surface area contributed by atoms with E-state index < -0.39 is 5.82 Å². The average Bonchev–Trinajstić information content (AvgIpc) is 2.38. The Morgan fingerprint density at radius 3 is 2.79 bits per heavy atom. The van der Waals surface area contributed by atoms with Gasteiger partial charge in [0.25, 0.3) is 0 Å². The fourth-order valence-corrected chi connectivity index (χ4v) is 1.80. The van der Waals surface area contributed by atoms with Crippen LogP contribution in [-0.4, -0.2) is 17.9 Å². The Kier molecular flexibility index (Phi) is 3.66. The minimum atomic E-state index is -0.511. The number of anilines is 2. The number of rotatable bonds is 3. The Bertz CT molecular complexity index is 630. The first kappa shape index (κ1) is 13.3. The number of halogens is 2. The molecule has 0 aliphatic carbocycles. The molecular formula is C13H12ClFN4. The van der Waals surface area contributed by atoms with Gasteiger partial charge in [-0.3, -0.25) is 5.41 Å². The summed E-state index contributed by atoms with van der Waals surface area (Å²) in [5.74, 6) is -0.395. The summed E-state index contributed by atoms with van der Waals surface area (Å²) >= 11 is 5.67. The van der Waals surface area contributed by atoms with E-state index in [-0.39, 0.29) is 16.7 Å². The summed E-state index contributed by atoms with van der Waals surface area (Å²) in [6.07, 6.45) is 1.38. The number of aromatic nitrogens is 1. The molecule has 2 rings (SSSR count). The first-order valence-corrected chi connectivity index (χ1v) is 5.86. The van der Waals surface area contributed by atoms with Gasteiger partial charge in [-0.15, -0.1) is 0 Å². The van der Waals surface area contributed by atoms with Crippen LogP contribution in [0.15, 0.2) is 36.5 Å². The molecule has 1 heterocycles. The van der Waals surface area contributed by atoms with Crippen molar-refractivity contribution >= 4 is 28.9 Å². The lowest BCUT2D eigenvalue weighted by Gasteiger charge is -2.19. The van der Waals surface area contributed by atoms with Crippen LogP contribution in [0.4, 0.5) is 15.9 Å². The lowest BCUT2D eigenvalue weighted by molar-refractivity contribution is 0.621. The van der Waals surface area contributed by atoms with Gasteiger partial charge in [0, 0.05) is 24.5 Å². The first-order chi connectivity index (χ1) is 8.99. The van der Waals surface area contributed by atoms with Crippen molar-refractivity contribution in [3.05, 3.63) is 52.9 Å². The van der Waals surface area contributed by atoms with E-state index in [0.717, 1.165) is 0 Å². The number of nitrogens with one attached hydrogen (secondary N) is 1. The molecule has 0 saturated carbocycles. The molecule has 98 valence electrons. The van der Waals surface area contributed by atoms with Crippen LogP contribution in [0.5, 0.6) is 0 Å². The Morgan fingerprint density at radius 2 is 2.16 bits per heavy atom. The van der Waals surface area contributed by atoms with E-state index in [2.05, 4.69) is 4.98 Å². The predicted molar refractivity (Wildman–Crippen MR) is 74.7 cm³/mol. The molecule has 3 N–H and O–H groups in total. The summed E-state index contributed by atoms with van der Waals surface area (Å²) in [4.78, 5) is 5.53. The number of pyridine rings is 1. The average molecular weight is 279 g/mol. The van der Waals surface area contributed by atoms with Crippen LogP contribution in [0.2, 0.25) is 5.02 Å². The van der Waals surface area contributed by atoms with E-state index in [1.165, 1.54) is 12.3 Å². The minimum absolute atomic E-state index is 0.0419. The summed E-state index contributed by atoms with van der Waals surface area (Å²) in [6.45, 7) is 0. The summed E-state index contributed by atoms with van der Waals surface area (Å²) in [5.41, 5.74) is 6.68.